The molecule has 1 fully saturated rings. The van der Waals surface area contributed by atoms with Crippen molar-refractivity contribution in [1.82, 2.24) is 4.90 Å². The molecule has 1 N–H and O–H groups in total. The number of thioether (sulfide) groups is 1. The third-order valence-corrected chi connectivity index (χ3v) is 6.18. The number of nitrogens with zero attached hydrogens (tertiary/aromatic N) is 2. The lowest BCUT2D eigenvalue weighted by molar-refractivity contribution is 0.102. The summed E-state index contributed by atoms with van der Waals surface area (Å²) in [4.78, 5) is 17.7. The number of benzene rings is 3. The van der Waals surface area contributed by atoms with Gasteiger partial charge in [0.15, 0.2) is 0 Å². The molecule has 1 aliphatic heterocycles. The minimum absolute atomic E-state index is 0.263. The van der Waals surface area contributed by atoms with Crippen molar-refractivity contribution >= 4 is 29.0 Å². The predicted octanol–water partition coefficient (Wildman–Crippen LogP) is 5.58. The maximum Gasteiger partial charge on any atom is 0.288 e. The van der Waals surface area contributed by atoms with Gasteiger partial charge in [-0.3, -0.25) is 9.69 Å². The fourth-order valence-electron chi connectivity index (χ4n) is 3.75. The molecule has 1 aliphatic rings. The second-order valence-electron chi connectivity index (χ2n) is 7.65. The van der Waals surface area contributed by atoms with Gasteiger partial charge in [0.1, 0.15) is 0 Å². The van der Waals surface area contributed by atoms with Crippen molar-refractivity contribution in [3.05, 3.63) is 90.0 Å². The van der Waals surface area contributed by atoms with Gasteiger partial charge in [0.05, 0.1) is 0 Å². The first-order chi connectivity index (χ1) is 15.6. The van der Waals surface area contributed by atoms with Crippen molar-refractivity contribution in [3.63, 3.8) is 0 Å². The van der Waals surface area contributed by atoms with Crippen LogP contribution in [0.3, 0.4) is 0 Å². The summed E-state index contributed by atoms with van der Waals surface area (Å²) in [6.45, 7) is 4.91. The summed E-state index contributed by atoms with van der Waals surface area (Å²) in [5, 5.41) is 2.86. The van der Waals surface area contributed by atoms with Gasteiger partial charge >= 0.3 is 0 Å². The quantitative estimate of drug-likeness (QED) is 0.474. The number of hydrogen-bond donors (Lipinski definition) is 1. The van der Waals surface area contributed by atoms with Crippen molar-refractivity contribution in [1.29, 1.82) is 0 Å². The molecule has 0 spiro atoms. The van der Waals surface area contributed by atoms with E-state index in [-0.39, 0.29) is 5.91 Å². The molecule has 1 saturated heterocycles. The van der Waals surface area contributed by atoms with Gasteiger partial charge in [0, 0.05) is 54.6 Å². The van der Waals surface area contributed by atoms with Crippen molar-refractivity contribution < 1.29 is 13.6 Å². The Balaban J connectivity index is 1.28. The number of carbonyl (C=O) groups is 1. The molecule has 0 atom stereocenters. The fraction of sp³-hybridized carbons (Fsp3) is 0.240. The highest BCUT2D eigenvalue weighted by Crippen LogP contribution is 2.25. The SMILES string of the molecule is O=C(Nc1ccc(N2CCN(Cc3ccccc3)CC2)cc1)c1ccc(SC(F)F)cc1. The van der Waals surface area contributed by atoms with E-state index in [9.17, 15) is 13.6 Å². The maximum atomic E-state index is 12.4. The summed E-state index contributed by atoms with van der Waals surface area (Å²) >= 11 is 0.465. The predicted molar refractivity (Wildman–Crippen MR) is 127 cm³/mol. The number of rotatable bonds is 7. The second kappa shape index (κ2) is 10.6. The zero-order valence-electron chi connectivity index (χ0n) is 17.6. The van der Waals surface area contributed by atoms with Crippen LogP contribution in [0.2, 0.25) is 0 Å². The van der Waals surface area contributed by atoms with Crippen LogP contribution in [0.5, 0.6) is 0 Å². The van der Waals surface area contributed by atoms with Gasteiger partial charge in [-0.05, 0) is 54.1 Å². The Bertz CT molecular complexity index is 1010. The third-order valence-electron chi connectivity index (χ3n) is 5.45. The highest BCUT2D eigenvalue weighted by atomic mass is 32.2. The topological polar surface area (TPSA) is 35.6 Å². The van der Waals surface area contributed by atoms with E-state index in [1.165, 1.54) is 17.7 Å². The molecule has 7 heteroatoms. The molecule has 0 unspecified atom stereocenters. The number of hydrogen-bond acceptors (Lipinski definition) is 4. The molecular formula is C25H25F2N3OS. The number of carbonyl (C=O) groups excluding carboxylic acids is 1. The number of halogens is 2. The van der Waals surface area contributed by atoms with E-state index in [0.29, 0.717) is 27.9 Å². The monoisotopic (exact) mass is 453 g/mol. The summed E-state index contributed by atoms with van der Waals surface area (Å²) in [5.74, 6) is -2.74. The van der Waals surface area contributed by atoms with Crippen LogP contribution in [-0.2, 0) is 6.54 Å². The van der Waals surface area contributed by atoms with Gasteiger partial charge in [0.2, 0.25) is 0 Å². The molecule has 0 radical (unpaired) electrons. The average molecular weight is 454 g/mol. The van der Waals surface area contributed by atoms with Gasteiger partial charge in [-0.1, -0.05) is 42.1 Å². The lowest BCUT2D eigenvalue weighted by Crippen LogP contribution is -2.45. The number of alkyl halides is 2. The highest BCUT2D eigenvalue weighted by Gasteiger charge is 2.17. The lowest BCUT2D eigenvalue weighted by atomic mass is 10.2. The van der Waals surface area contributed by atoms with Gasteiger partial charge in [-0.2, -0.15) is 8.78 Å². The molecule has 0 saturated carbocycles. The molecule has 4 rings (SSSR count). The van der Waals surface area contributed by atoms with Crippen molar-refractivity contribution in [2.24, 2.45) is 0 Å². The summed E-state index contributed by atoms with van der Waals surface area (Å²) < 4.78 is 24.8. The first-order valence-corrected chi connectivity index (χ1v) is 11.4. The van der Waals surface area contributed by atoms with E-state index in [2.05, 4.69) is 39.4 Å². The summed E-state index contributed by atoms with van der Waals surface area (Å²) in [6.07, 6.45) is 0. The van der Waals surface area contributed by atoms with Crippen LogP contribution in [0.15, 0.2) is 83.8 Å². The lowest BCUT2D eigenvalue weighted by Gasteiger charge is -2.36. The molecule has 166 valence electrons. The van der Waals surface area contributed by atoms with Crippen LogP contribution in [0.4, 0.5) is 20.2 Å². The van der Waals surface area contributed by atoms with E-state index < -0.39 is 5.76 Å². The molecular weight excluding hydrogens is 428 g/mol. The van der Waals surface area contributed by atoms with Gasteiger partial charge in [-0.15, -0.1) is 0 Å². The van der Waals surface area contributed by atoms with Crippen LogP contribution in [-0.4, -0.2) is 42.7 Å². The minimum Gasteiger partial charge on any atom is -0.369 e. The smallest absolute Gasteiger partial charge is 0.288 e. The van der Waals surface area contributed by atoms with Crippen LogP contribution < -0.4 is 10.2 Å². The van der Waals surface area contributed by atoms with Gasteiger partial charge < -0.3 is 10.2 Å². The summed E-state index contributed by atoms with van der Waals surface area (Å²) in [5.41, 5.74) is 3.61. The van der Waals surface area contributed by atoms with E-state index in [1.807, 2.05) is 30.3 Å². The van der Waals surface area contributed by atoms with Crippen LogP contribution in [0.1, 0.15) is 15.9 Å². The molecule has 0 bridgehead atoms. The number of anilines is 2. The Hall–Kier alpha value is -2.90. The van der Waals surface area contributed by atoms with E-state index in [1.54, 1.807) is 12.1 Å². The maximum absolute atomic E-state index is 12.4. The Morgan fingerprint density at radius 1 is 0.875 bits per heavy atom. The first-order valence-electron chi connectivity index (χ1n) is 10.5. The third kappa shape index (κ3) is 6.08. The highest BCUT2D eigenvalue weighted by molar-refractivity contribution is 7.99. The molecule has 1 amide bonds. The molecule has 32 heavy (non-hydrogen) atoms. The molecule has 4 nitrogen and oxygen atoms in total. The molecule has 0 aromatic heterocycles. The Morgan fingerprint density at radius 2 is 1.53 bits per heavy atom. The van der Waals surface area contributed by atoms with E-state index >= 15 is 0 Å². The zero-order valence-corrected chi connectivity index (χ0v) is 18.4. The molecule has 3 aromatic carbocycles. The van der Waals surface area contributed by atoms with Crippen molar-refractivity contribution in [3.8, 4) is 0 Å². The van der Waals surface area contributed by atoms with E-state index in [0.717, 1.165) is 38.4 Å². The Labute approximate surface area is 191 Å². The second-order valence-corrected chi connectivity index (χ2v) is 8.72. The largest absolute Gasteiger partial charge is 0.369 e. The standard InChI is InChI=1S/C25H25F2N3OS/c26-25(27)32-23-12-6-20(7-13-23)24(31)28-21-8-10-22(11-9-21)30-16-14-29(15-17-30)18-19-4-2-1-3-5-19/h1-13,25H,14-18H2,(H,28,31). The molecule has 1 heterocycles. The average Bonchev–Trinajstić information content (AvgIpc) is 2.81. The van der Waals surface area contributed by atoms with Crippen LogP contribution in [0, 0.1) is 0 Å². The van der Waals surface area contributed by atoms with Gasteiger partial charge in [0.25, 0.3) is 11.7 Å². The number of amides is 1. The Morgan fingerprint density at radius 3 is 2.16 bits per heavy atom. The van der Waals surface area contributed by atoms with Crippen molar-refractivity contribution in [2.45, 2.75) is 17.2 Å². The van der Waals surface area contributed by atoms with Gasteiger partial charge in [-0.25, -0.2) is 0 Å². The van der Waals surface area contributed by atoms with Crippen LogP contribution >= 0.6 is 11.8 Å². The zero-order chi connectivity index (χ0) is 22.3. The molecule has 0 aliphatic carbocycles. The van der Waals surface area contributed by atoms with E-state index in [4.69, 9.17) is 0 Å². The van der Waals surface area contributed by atoms with Crippen molar-refractivity contribution in [2.75, 3.05) is 36.4 Å². The van der Waals surface area contributed by atoms with Crippen LogP contribution in [0.25, 0.3) is 0 Å². The Kier molecular flexibility index (Phi) is 7.39. The normalized spacial score (nSPS) is 14.5. The number of nitrogens with one attached hydrogen (secondary N) is 1. The fourth-order valence-corrected chi connectivity index (χ4v) is 4.25. The minimum atomic E-state index is -2.47. The summed E-state index contributed by atoms with van der Waals surface area (Å²) in [7, 11) is 0. The first kappa shape index (κ1) is 22.3. The molecule has 3 aromatic rings. The summed E-state index contributed by atoms with van der Waals surface area (Å²) in [6, 6.07) is 24.5. The number of piperazine rings is 1.